The second kappa shape index (κ2) is 5.10. The maximum Gasteiger partial charge on any atom is 0.157 e. The molecule has 4 heteroatoms. The zero-order valence-electron chi connectivity index (χ0n) is 10.8. The average Bonchev–Trinajstić information content (AvgIpc) is 2.39. The molecule has 4 nitrogen and oxygen atoms in total. The van der Waals surface area contributed by atoms with Crippen molar-refractivity contribution in [1.29, 1.82) is 0 Å². The minimum atomic E-state index is -0.247. The van der Waals surface area contributed by atoms with Crippen LogP contribution in [0.25, 0.3) is 10.8 Å². The van der Waals surface area contributed by atoms with E-state index >= 15 is 0 Å². The van der Waals surface area contributed by atoms with Crippen molar-refractivity contribution in [1.82, 2.24) is 0 Å². The number of fused-ring (bicyclic) bond motifs is 1. The summed E-state index contributed by atoms with van der Waals surface area (Å²) in [6.45, 7) is 3.85. The van der Waals surface area contributed by atoms with E-state index in [2.05, 4.69) is 5.18 Å². The SMILES string of the molecule is CC(C)=CCc1c(O)c(N=O)c2ccccc2c1O. The Kier molecular flexibility index (Phi) is 3.51. The molecule has 2 N–H and O–H groups in total. The Bertz CT molecular complexity index is 671. The predicted octanol–water partition coefficient (Wildman–Crippen LogP) is 4.16. The Balaban J connectivity index is 2.77. The van der Waals surface area contributed by atoms with E-state index in [-0.39, 0.29) is 17.2 Å². The van der Waals surface area contributed by atoms with Crippen molar-refractivity contribution in [3.8, 4) is 11.5 Å². The van der Waals surface area contributed by atoms with Gasteiger partial charge in [-0.1, -0.05) is 35.9 Å². The molecule has 0 aliphatic rings. The monoisotopic (exact) mass is 257 g/mol. The first kappa shape index (κ1) is 13.1. The number of rotatable bonds is 3. The zero-order valence-corrected chi connectivity index (χ0v) is 10.8. The van der Waals surface area contributed by atoms with Crippen LogP contribution in [0.2, 0.25) is 0 Å². The second-order valence-corrected chi connectivity index (χ2v) is 4.65. The lowest BCUT2D eigenvalue weighted by molar-refractivity contribution is 0.446. The van der Waals surface area contributed by atoms with Crippen molar-refractivity contribution in [3.05, 3.63) is 46.4 Å². The highest BCUT2D eigenvalue weighted by atomic mass is 16.3. The number of allylic oxidation sites excluding steroid dienone is 2. The van der Waals surface area contributed by atoms with Gasteiger partial charge in [0, 0.05) is 16.3 Å². The summed E-state index contributed by atoms with van der Waals surface area (Å²) in [7, 11) is 0. The fourth-order valence-electron chi connectivity index (χ4n) is 2.03. The van der Waals surface area contributed by atoms with Crippen LogP contribution in [0, 0.1) is 4.91 Å². The van der Waals surface area contributed by atoms with E-state index in [4.69, 9.17) is 0 Å². The van der Waals surface area contributed by atoms with Crippen molar-refractivity contribution < 1.29 is 10.2 Å². The lowest BCUT2D eigenvalue weighted by atomic mass is 9.99. The van der Waals surface area contributed by atoms with Crippen molar-refractivity contribution in [2.45, 2.75) is 20.3 Å². The molecule has 0 atom stereocenters. The van der Waals surface area contributed by atoms with Crippen LogP contribution in [0.3, 0.4) is 0 Å². The summed E-state index contributed by atoms with van der Waals surface area (Å²) in [5, 5.41) is 24.2. The molecule has 2 aromatic carbocycles. The number of nitroso groups, excluding NO2 is 1. The largest absolute Gasteiger partial charge is 0.507 e. The summed E-state index contributed by atoms with van der Waals surface area (Å²) in [5.41, 5.74) is 1.37. The number of aromatic hydroxyl groups is 2. The predicted molar refractivity (Wildman–Crippen MR) is 75.9 cm³/mol. The van der Waals surface area contributed by atoms with E-state index in [1.807, 2.05) is 19.9 Å². The van der Waals surface area contributed by atoms with Crippen LogP contribution in [0.4, 0.5) is 5.69 Å². The third kappa shape index (κ3) is 2.29. The molecule has 0 heterocycles. The molecule has 0 aliphatic carbocycles. The minimum Gasteiger partial charge on any atom is -0.507 e. The van der Waals surface area contributed by atoms with E-state index in [0.717, 1.165) is 5.57 Å². The van der Waals surface area contributed by atoms with Gasteiger partial charge in [0.25, 0.3) is 0 Å². The second-order valence-electron chi connectivity index (χ2n) is 4.65. The van der Waals surface area contributed by atoms with Gasteiger partial charge in [-0.2, -0.15) is 0 Å². The van der Waals surface area contributed by atoms with E-state index in [0.29, 0.717) is 22.8 Å². The molecule has 2 rings (SSSR count). The van der Waals surface area contributed by atoms with Gasteiger partial charge in [-0.05, 0) is 25.4 Å². The normalized spacial score (nSPS) is 10.4. The summed E-state index contributed by atoms with van der Waals surface area (Å²) in [4.78, 5) is 10.9. The molecule has 0 amide bonds. The molecule has 0 radical (unpaired) electrons. The Labute approximate surface area is 111 Å². The molecule has 0 bridgehead atoms. The lowest BCUT2D eigenvalue weighted by Crippen LogP contribution is -1.88. The van der Waals surface area contributed by atoms with Crippen molar-refractivity contribution in [2.75, 3.05) is 0 Å². The molecular weight excluding hydrogens is 242 g/mol. The Morgan fingerprint density at radius 1 is 1.16 bits per heavy atom. The van der Waals surface area contributed by atoms with Crippen molar-refractivity contribution in [3.63, 3.8) is 0 Å². The van der Waals surface area contributed by atoms with Crippen LogP contribution in [0.1, 0.15) is 19.4 Å². The van der Waals surface area contributed by atoms with E-state index < -0.39 is 0 Å². The molecule has 98 valence electrons. The summed E-state index contributed by atoms with van der Waals surface area (Å²) < 4.78 is 0. The maximum atomic E-state index is 10.9. The summed E-state index contributed by atoms with van der Waals surface area (Å²) in [6, 6.07) is 6.84. The summed E-state index contributed by atoms with van der Waals surface area (Å²) >= 11 is 0. The van der Waals surface area contributed by atoms with E-state index in [1.54, 1.807) is 24.3 Å². The van der Waals surface area contributed by atoms with Gasteiger partial charge < -0.3 is 10.2 Å². The van der Waals surface area contributed by atoms with Gasteiger partial charge in [0.2, 0.25) is 0 Å². The number of hydrogen-bond acceptors (Lipinski definition) is 4. The van der Waals surface area contributed by atoms with Crippen molar-refractivity contribution >= 4 is 16.5 Å². The van der Waals surface area contributed by atoms with Gasteiger partial charge in [-0.3, -0.25) is 0 Å². The number of benzene rings is 2. The standard InChI is InChI=1S/C15H15NO3/c1-9(2)7-8-12-14(17)11-6-4-3-5-10(11)13(16-19)15(12)18/h3-7,17-18H,8H2,1-2H3. The number of phenols is 2. The molecule has 0 unspecified atom stereocenters. The third-order valence-corrected chi connectivity index (χ3v) is 3.04. The molecule has 0 spiro atoms. The Hall–Kier alpha value is -2.36. The molecule has 0 aliphatic heterocycles. The van der Waals surface area contributed by atoms with Crippen LogP contribution in [-0.4, -0.2) is 10.2 Å². The lowest BCUT2D eigenvalue weighted by Gasteiger charge is -2.11. The summed E-state index contributed by atoms with van der Waals surface area (Å²) in [5.74, 6) is -0.248. The van der Waals surface area contributed by atoms with E-state index in [9.17, 15) is 15.1 Å². The third-order valence-electron chi connectivity index (χ3n) is 3.04. The topological polar surface area (TPSA) is 69.9 Å². The van der Waals surface area contributed by atoms with Crippen LogP contribution in [-0.2, 0) is 6.42 Å². The first-order valence-corrected chi connectivity index (χ1v) is 5.98. The minimum absolute atomic E-state index is 0.00185. The van der Waals surface area contributed by atoms with Gasteiger partial charge in [0.15, 0.2) is 11.4 Å². The highest BCUT2D eigenvalue weighted by Crippen LogP contribution is 2.44. The quantitative estimate of drug-likeness (QED) is 0.640. The smallest absolute Gasteiger partial charge is 0.157 e. The molecule has 0 saturated heterocycles. The molecule has 0 aromatic heterocycles. The van der Waals surface area contributed by atoms with Gasteiger partial charge in [0.1, 0.15) is 5.75 Å². The fourth-order valence-corrected chi connectivity index (χ4v) is 2.03. The van der Waals surface area contributed by atoms with Crippen LogP contribution in [0.15, 0.2) is 41.1 Å². The van der Waals surface area contributed by atoms with Gasteiger partial charge in [0.05, 0.1) is 0 Å². The fraction of sp³-hybridized carbons (Fsp3) is 0.200. The summed E-state index contributed by atoms with van der Waals surface area (Å²) in [6.07, 6.45) is 2.23. The molecule has 0 fully saturated rings. The highest BCUT2D eigenvalue weighted by Gasteiger charge is 2.18. The van der Waals surface area contributed by atoms with Gasteiger partial charge in [-0.15, -0.1) is 4.91 Å². The number of phenolic OH excluding ortho intramolecular Hbond substituents is 2. The maximum absolute atomic E-state index is 10.9. The van der Waals surface area contributed by atoms with Crippen LogP contribution in [0.5, 0.6) is 11.5 Å². The molecule has 19 heavy (non-hydrogen) atoms. The van der Waals surface area contributed by atoms with Crippen LogP contribution < -0.4 is 0 Å². The Morgan fingerprint density at radius 3 is 2.37 bits per heavy atom. The van der Waals surface area contributed by atoms with Crippen LogP contribution >= 0.6 is 0 Å². The first-order chi connectivity index (χ1) is 9.06. The highest BCUT2D eigenvalue weighted by molar-refractivity contribution is 6.00. The molecule has 0 saturated carbocycles. The average molecular weight is 257 g/mol. The first-order valence-electron chi connectivity index (χ1n) is 5.98. The Morgan fingerprint density at radius 2 is 1.79 bits per heavy atom. The van der Waals surface area contributed by atoms with Gasteiger partial charge >= 0.3 is 0 Å². The number of nitrogens with zero attached hydrogens (tertiary/aromatic N) is 1. The molecule has 2 aromatic rings. The van der Waals surface area contributed by atoms with Crippen molar-refractivity contribution in [2.24, 2.45) is 5.18 Å². The van der Waals surface area contributed by atoms with Gasteiger partial charge in [-0.25, -0.2) is 0 Å². The molecular formula is C15H15NO3. The van der Waals surface area contributed by atoms with E-state index in [1.165, 1.54) is 0 Å². The number of hydrogen-bond donors (Lipinski definition) is 2. The zero-order chi connectivity index (χ0) is 14.0.